The van der Waals surface area contributed by atoms with E-state index in [9.17, 15) is 4.79 Å². The van der Waals surface area contributed by atoms with Crippen LogP contribution in [0, 0.1) is 6.92 Å². The lowest BCUT2D eigenvalue weighted by atomic mass is 10.3. The van der Waals surface area contributed by atoms with Crippen molar-refractivity contribution in [2.75, 3.05) is 17.2 Å². The minimum atomic E-state index is -0.325. The third kappa shape index (κ3) is 3.25. The van der Waals surface area contributed by atoms with Crippen LogP contribution < -0.4 is 10.6 Å². The van der Waals surface area contributed by atoms with Gasteiger partial charge < -0.3 is 10.6 Å². The molecule has 0 unspecified atom stereocenters. The van der Waals surface area contributed by atoms with Crippen molar-refractivity contribution in [2.24, 2.45) is 0 Å². The van der Waals surface area contributed by atoms with Crippen LogP contribution in [0.3, 0.4) is 0 Å². The second-order valence-electron chi connectivity index (χ2n) is 3.94. The van der Waals surface area contributed by atoms with Gasteiger partial charge in [0.15, 0.2) is 0 Å². The quantitative estimate of drug-likeness (QED) is 0.874. The molecule has 0 saturated carbocycles. The van der Waals surface area contributed by atoms with Crippen molar-refractivity contribution in [1.29, 1.82) is 0 Å². The van der Waals surface area contributed by atoms with Crippen LogP contribution in [-0.4, -0.2) is 27.4 Å². The van der Waals surface area contributed by atoms with Crippen molar-refractivity contribution in [3.63, 3.8) is 0 Å². The van der Waals surface area contributed by atoms with Gasteiger partial charge in [0.2, 0.25) is 0 Å². The Morgan fingerprint density at radius 3 is 2.95 bits per heavy atom. The van der Waals surface area contributed by atoms with Crippen molar-refractivity contribution in [3.8, 4) is 0 Å². The minimum absolute atomic E-state index is 0.253. The molecule has 0 aliphatic carbocycles. The van der Waals surface area contributed by atoms with E-state index in [0.717, 1.165) is 12.1 Å². The maximum Gasteiger partial charge on any atom is 0.277 e. The van der Waals surface area contributed by atoms with Crippen LogP contribution in [-0.2, 0) is 0 Å². The van der Waals surface area contributed by atoms with Gasteiger partial charge in [0.05, 0.1) is 12.4 Å². The van der Waals surface area contributed by atoms with Crippen molar-refractivity contribution in [2.45, 2.75) is 13.8 Å². The number of anilines is 2. The average Bonchev–Trinajstić information content (AvgIpc) is 2.42. The molecule has 0 atom stereocenters. The maximum absolute atomic E-state index is 12.0. The van der Waals surface area contributed by atoms with Crippen molar-refractivity contribution < 1.29 is 4.79 Å². The van der Waals surface area contributed by atoms with Gasteiger partial charge in [-0.05, 0) is 25.5 Å². The van der Waals surface area contributed by atoms with Gasteiger partial charge in [0, 0.05) is 12.7 Å². The molecular weight excluding hydrogens is 242 g/mol. The largest absolute Gasteiger partial charge is 0.369 e. The Morgan fingerprint density at radius 2 is 2.21 bits per heavy atom. The molecule has 1 amide bonds. The standard InChI is InChI=1S/C13H15N5O/c1-3-15-11-8-14-7-10(17-11)13(19)18-12-9(2)5-4-6-16-12/h4-8H,3H2,1-2H3,(H,15,17)(H,16,18,19). The number of nitrogens with zero attached hydrogens (tertiary/aromatic N) is 3. The monoisotopic (exact) mass is 257 g/mol. The molecule has 2 heterocycles. The first-order chi connectivity index (χ1) is 9.20. The molecule has 0 spiro atoms. The number of carbonyl (C=O) groups excluding carboxylic acids is 1. The Kier molecular flexibility index (Phi) is 4.02. The average molecular weight is 257 g/mol. The Labute approximate surface area is 111 Å². The predicted molar refractivity (Wildman–Crippen MR) is 73.1 cm³/mol. The molecule has 2 N–H and O–H groups in total. The van der Waals surface area contributed by atoms with E-state index < -0.39 is 0 Å². The molecule has 0 aliphatic rings. The van der Waals surface area contributed by atoms with E-state index in [1.807, 2.05) is 26.0 Å². The van der Waals surface area contributed by atoms with Crippen molar-refractivity contribution in [3.05, 3.63) is 42.0 Å². The number of aromatic nitrogens is 3. The lowest BCUT2D eigenvalue weighted by Gasteiger charge is -2.07. The zero-order valence-electron chi connectivity index (χ0n) is 10.8. The lowest BCUT2D eigenvalue weighted by molar-refractivity contribution is 0.102. The first-order valence-corrected chi connectivity index (χ1v) is 5.99. The molecule has 6 heteroatoms. The van der Waals surface area contributed by atoms with Crippen LogP contribution in [0.2, 0.25) is 0 Å². The summed E-state index contributed by atoms with van der Waals surface area (Å²) >= 11 is 0. The van der Waals surface area contributed by atoms with Gasteiger partial charge in [-0.25, -0.2) is 9.97 Å². The normalized spacial score (nSPS) is 10.0. The highest BCUT2D eigenvalue weighted by molar-refractivity contribution is 6.02. The Hall–Kier alpha value is -2.50. The number of pyridine rings is 1. The third-order valence-corrected chi connectivity index (χ3v) is 2.47. The molecular formula is C13H15N5O. The van der Waals surface area contributed by atoms with Gasteiger partial charge in [0.25, 0.3) is 5.91 Å². The number of nitrogens with one attached hydrogen (secondary N) is 2. The number of aryl methyl sites for hydroxylation is 1. The zero-order chi connectivity index (χ0) is 13.7. The topological polar surface area (TPSA) is 79.8 Å². The van der Waals surface area contributed by atoms with E-state index in [0.29, 0.717) is 11.6 Å². The summed E-state index contributed by atoms with van der Waals surface area (Å²) in [4.78, 5) is 24.3. The molecule has 0 saturated heterocycles. The Morgan fingerprint density at radius 1 is 1.37 bits per heavy atom. The molecule has 19 heavy (non-hydrogen) atoms. The molecule has 0 aromatic carbocycles. The first kappa shape index (κ1) is 12.9. The molecule has 2 aromatic heterocycles. The Balaban J connectivity index is 2.16. The summed E-state index contributed by atoms with van der Waals surface area (Å²) in [5, 5.41) is 5.72. The fourth-order valence-electron chi connectivity index (χ4n) is 1.53. The molecule has 6 nitrogen and oxygen atoms in total. The van der Waals surface area contributed by atoms with Gasteiger partial charge in [-0.3, -0.25) is 9.78 Å². The van der Waals surface area contributed by atoms with Crippen LogP contribution >= 0.6 is 0 Å². The lowest BCUT2D eigenvalue weighted by Crippen LogP contribution is -2.16. The summed E-state index contributed by atoms with van der Waals surface area (Å²) in [7, 11) is 0. The highest BCUT2D eigenvalue weighted by Gasteiger charge is 2.10. The van der Waals surface area contributed by atoms with Crippen LogP contribution in [0.15, 0.2) is 30.7 Å². The number of hydrogen-bond donors (Lipinski definition) is 2. The highest BCUT2D eigenvalue weighted by atomic mass is 16.1. The van der Waals surface area contributed by atoms with Gasteiger partial charge in [0.1, 0.15) is 17.3 Å². The number of rotatable bonds is 4. The number of carbonyl (C=O) groups is 1. The van der Waals surface area contributed by atoms with Gasteiger partial charge in [-0.2, -0.15) is 0 Å². The highest BCUT2D eigenvalue weighted by Crippen LogP contribution is 2.11. The van der Waals surface area contributed by atoms with E-state index >= 15 is 0 Å². The van der Waals surface area contributed by atoms with Crippen molar-refractivity contribution >= 4 is 17.5 Å². The fraction of sp³-hybridized carbons (Fsp3) is 0.231. The van der Waals surface area contributed by atoms with E-state index in [1.165, 1.54) is 6.20 Å². The smallest absolute Gasteiger partial charge is 0.277 e. The molecule has 0 bridgehead atoms. The molecule has 2 aromatic rings. The summed E-state index contributed by atoms with van der Waals surface area (Å²) in [6.07, 6.45) is 4.63. The third-order valence-electron chi connectivity index (χ3n) is 2.47. The minimum Gasteiger partial charge on any atom is -0.369 e. The summed E-state index contributed by atoms with van der Waals surface area (Å²) < 4.78 is 0. The molecule has 0 fully saturated rings. The summed E-state index contributed by atoms with van der Waals surface area (Å²) in [5.41, 5.74) is 1.15. The molecule has 2 rings (SSSR count). The summed E-state index contributed by atoms with van der Waals surface area (Å²) in [6.45, 7) is 4.55. The van der Waals surface area contributed by atoms with Crippen LogP contribution in [0.4, 0.5) is 11.6 Å². The van der Waals surface area contributed by atoms with E-state index in [-0.39, 0.29) is 11.6 Å². The van der Waals surface area contributed by atoms with Gasteiger partial charge >= 0.3 is 0 Å². The second-order valence-corrected chi connectivity index (χ2v) is 3.94. The van der Waals surface area contributed by atoms with Crippen LogP contribution in [0.25, 0.3) is 0 Å². The van der Waals surface area contributed by atoms with Crippen LogP contribution in [0.5, 0.6) is 0 Å². The van der Waals surface area contributed by atoms with E-state index in [2.05, 4.69) is 25.6 Å². The SMILES string of the molecule is CCNc1cncc(C(=O)Nc2ncccc2C)n1. The maximum atomic E-state index is 12.0. The summed E-state index contributed by atoms with van der Waals surface area (Å²) in [5.74, 6) is 0.782. The van der Waals surface area contributed by atoms with E-state index in [1.54, 1.807) is 12.4 Å². The predicted octanol–water partition coefficient (Wildman–Crippen LogP) is 1.86. The van der Waals surface area contributed by atoms with E-state index in [4.69, 9.17) is 0 Å². The van der Waals surface area contributed by atoms with Gasteiger partial charge in [-0.15, -0.1) is 0 Å². The van der Waals surface area contributed by atoms with Gasteiger partial charge in [-0.1, -0.05) is 6.07 Å². The summed E-state index contributed by atoms with van der Waals surface area (Å²) in [6, 6.07) is 3.69. The van der Waals surface area contributed by atoms with Crippen LogP contribution in [0.1, 0.15) is 23.0 Å². The van der Waals surface area contributed by atoms with Crippen molar-refractivity contribution in [1.82, 2.24) is 15.0 Å². The number of hydrogen-bond acceptors (Lipinski definition) is 5. The first-order valence-electron chi connectivity index (χ1n) is 5.99. The number of amides is 1. The zero-order valence-corrected chi connectivity index (χ0v) is 10.8. The Bertz CT molecular complexity index is 585. The molecule has 98 valence electrons. The molecule has 0 aliphatic heterocycles. The fourth-order valence-corrected chi connectivity index (χ4v) is 1.53. The molecule has 0 radical (unpaired) electrons. The second kappa shape index (κ2) is 5.90.